The summed E-state index contributed by atoms with van der Waals surface area (Å²) in [5.41, 5.74) is 2.50. The minimum absolute atomic E-state index is 0.118. The summed E-state index contributed by atoms with van der Waals surface area (Å²) < 4.78 is 18.8. The molecule has 1 aromatic heterocycles. The second-order valence-electron chi connectivity index (χ2n) is 6.24. The van der Waals surface area contributed by atoms with Crippen molar-refractivity contribution in [3.63, 3.8) is 0 Å². The molecule has 1 amide bonds. The zero-order valence-corrected chi connectivity index (χ0v) is 15.7. The number of benzene rings is 2. The van der Waals surface area contributed by atoms with Crippen LogP contribution in [0, 0.1) is 5.82 Å². The van der Waals surface area contributed by atoms with Crippen molar-refractivity contribution in [3.8, 4) is 0 Å². The van der Waals surface area contributed by atoms with Crippen LogP contribution >= 0.6 is 11.6 Å². The molecule has 0 fully saturated rings. The summed E-state index contributed by atoms with van der Waals surface area (Å²) in [6, 6.07) is 15.6. The van der Waals surface area contributed by atoms with E-state index in [1.807, 2.05) is 24.3 Å². The fourth-order valence-corrected chi connectivity index (χ4v) is 3.07. The minimum atomic E-state index is -0.355. The van der Waals surface area contributed by atoms with Crippen LogP contribution in [-0.4, -0.2) is 17.9 Å². The molecule has 0 aliphatic rings. The molecule has 0 radical (unpaired) electrons. The molecule has 3 rings (SSSR count). The number of carbonyl (C=O) groups is 1. The van der Waals surface area contributed by atoms with Crippen molar-refractivity contribution < 1.29 is 13.6 Å². The van der Waals surface area contributed by atoms with Gasteiger partial charge in [-0.3, -0.25) is 9.69 Å². The van der Waals surface area contributed by atoms with Gasteiger partial charge in [-0.05, 0) is 47.5 Å². The largest absolute Gasteiger partial charge is 0.468 e. The molecule has 6 heteroatoms. The van der Waals surface area contributed by atoms with E-state index in [1.165, 1.54) is 12.1 Å². The number of carbonyl (C=O) groups excluding carboxylic acids is 1. The lowest BCUT2D eigenvalue weighted by molar-refractivity contribution is 0.0963. The van der Waals surface area contributed by atoms with Gasteiger partial charge in [0.15, 0.2) is 0 Å². The van der Waals surface area contributed by atoms with Crippen molar-refractivity contribution >= 4 is 17.5 Å². The summed E-state index contributed by atoms with van der Waals surface area (Å²) in [5, 5.41) is 3.01. The van der Waals surface area contributed by atoms with Crippen molar-refractivity contribution in [3.05, 3.63) is 94.2 Å². The molecule has 0 saturated carbocycles. The van der Waals surface area contributed by atoms with Crippen molar-refractivity contribution in [2.75, 3.05) is 7.05 Å². The molecular formula is C21H20ClFN2O2. The molecule has 3 aromatic rings. The highest BCUT2D eigenvalue weighted by atomic mass is 35.5. The van der Waals surface area contributed by atoms with Crippen LogP contribution in [0.25, 0.3) is 0 Å². The van der Waals surface area contributed by atoms with Crippen LogP contribution in [0.1, 0.15) is 27.2 Å². The summed E-state index contributed by atoms with van der Waals surface area (Å²) in [6.45, 7) is 1.75. The van der Waals surface area contributed by atoms with Gasteiger partial charge in [0.1, 0.15) is 11.6 Å². The van der Waals surface area contributed by atoms with Gasteiger partial charge in [0.25, 0.3) is 5.91 Å². The van der Waals surface area contributed by atoms with E-state index in [0.29, 0.717) is 30.2 Å². The molecule has 0 saturated heterocycles. The van der Waals surface area contributed by atoms with Gasteiger partial charge < -0.3 is 9.73 Å². The number of nitrogens with one attached hydrogen (secondary N) is 1. The van der Waals surface area contributed by atoms with Gasteiger partial charge in [-0.15, -0.1) is 0 Å². The predicted octanol–water partition coefficient (Wildman–Crippen LogP) is 4.63. The van der Waals surface area contributed by atoms with Gasteiger partial charge in [-0.25, -0.2) is 4.39 Å². The monoisotopic (exact) mass is 386 g/mol. The summed E-state index contributed by atoms with van der Waals surface area (Å²) in [7, 11) is 1.60. The number of hydrogen-bond acceptors (Lipinski definition) is 3. The molecule has 1 heterocycles. The van der Waals surface area contributed by atoms with Crippen LogP contribution in [0.15, 0.2) is 65.3 Å². The molecule has 140 valence electrons. The highest BCUT2D eigenvalue weighted by Crippen LogP contribution is 2.21. The van der Waals surface area contributed by atoms with Crippen LogP contribution in [-0.2, 0) is 19.6 Å². The zero-order valence-electron chi connectivity index (χ0n) is 14.9. The van der Waals surface area contributed by atoms with Gasteiger partial charge >= 0.3 is 0 Å². The molecule has 0 spiro atoms. The van der Waals surface area contributed by atoms with Crippen LogP contribution in [0.2, 0.25) is 5.02 Å². The van der Waals surface area contributed by atoms with E-state index >= 15 is 0 Å². The number of nitrogens with zero attached hydrogens (tertiary/aromatic N) is 1. The highest BCUT2D eigenvalue weighted by molar-refractivity contribution is 6.31. The molecule has 27 heavy (non-hydrogen) atoms. The summed E-state index contributed by atoms with van der Waals surface area (Å²) >= 11 is 6.20. The van der Waals surface area contributed by atoms with E-state index in [4.69, 9.17) is 16.0 Å². The quantitative estimate of drug-likeness (QED) is 0.643. The molecule has 0 unspecified atom stereocenters. The van der Waals surface area contributed by atoms with Crippen molar-refractivity contribution in [2.45, 2.75) is 19.6 Å². The Labute approximate surface area is 162 Å². The number of hydrogen-bond donors (Lipinski definition) is 1. The van der Waals surface area contributed by atoms with Crippen molar-refractivity contribution in [2.24, 2.45) is 0 Å². The standard InChI is InChI=1S/C21H20ClFN2O2/c1-24-21(26)16-6-4-15(5-7-16)12-25(14-19-3-2-10-27-19)13-17-8-9-18(23)11-20(17)22/h2-11H,12-14H2,1H3,(H,24,26). The Hall–Kier alpha value is -2.63. The first kappa shape index (κ1) is 19.1. The SMILES string of the molecule is CNC(=O)c1ccc(CN(Cc2ccco2)Cc2ccc(F)cc2Cl)cc1. The van der Waals surface area contributed by atoms with E-state index < -0.39 is 0 Å². The minimum Gasteiger partial charge on any atom is -0.468 e. The summed E-state index contributed by atoms with van der Waals surface area (Å²) in [6.07, 6.45) is 1.64. The Morgan fingerprint density at radius 3 is 2.52 bits per heavy atom. The molecule has 2 aromatic carbocycles. The lowest BCUT2D eigenvalue weighted by Gasteiger charge is -2.22. The van der Waals surface area contributed by atoms with E-state index in [9.17, 15) is 9.18 Å². The van der Waals surface area contributed by atoms with E-state index in [2.05, 4.69) is 10.2 Å². The molecule has 4 nitrogen and oxygen atoms in total. The highest BCUT2D eigenvalue weighted by Gasteiger charge is 2.13. The predicted molar refractivity (Wildman–Crippen MR) is 103 cm³/mol. The average Bonchev–Trinajstić information content (AvgIpc) is 3.17. The first-order valence-corrected chi connectivity index (χ1v) is 8.92. The molecule has 0 atom stereocenters. The third kappa shape index (κ3) is 5.18. The smallest absolute Gasteiger partial charge is 0.251 e. The lowest BCUT2D eigenvalue weighted by atomic mass is 10.1. The van der Waals surface area contributed by atoms with E-state index in [-0.39, 0.29) is 11.7 Å². The molecule has 1 N–H and O–H groups in total. The first-order valence-electron chi connectivity index (χ1n) is 8.55. The van der Waals surface area contributed by atoms with Gasteiger partial charge in [-0.2, -0.15) is 0 Å². The Morgan fingerprint density at radius 2 is 1.89 bits per heavy atom. The third-order valence-electron chi connectivity index (χ3n) is 4.22. The Kier molecular flexibility index (Phi) is 6.27. The van der Waals surface area contributed by atoms with E-state index in [1.54, 1.807) is 31.5 Å². The molecular weight excluding hydrogens is 367 g/mol. The van der Waals surface area contributed by atoms with Crippen molar-refractivity contribution in [1.29, 1.82) is 0 Å². The number of halogens is 2. The fraction of sp³-hybridized carbons (Fsp3) is 0.190. The Bertz CT molecular complexity index is 895. The molecule has 0 bridgehead atoms. The Morgan fingerprint density at radius 1 is 1.11 bits per heavy atom. The third-order valence-corrected chi connectivity index (χ3v) is 4.57. The van der Waals surface area contributed by atoms with Crippen LogP contribution in [0.4, 0.5) is 4.39 Å². The maximum Gasteiger partial charge on any atom is 0.251 e. The maximum absolute atomic E-state index is 13.3. The molecule has 0 aliphatic heterocycles. The first-order chi connectivity index (χ1) is 13.0. The van der Waals surface area contributed by atoms with Gasteiger partial charge in [0.05, 0.1) is 12.8 Å². The van der Waals surface area contributed by atoms with Crippen LogP contribution < -0.4 is 5.32 Å². The normalized spacial score (nSPS) is 11.0. The lowest BCUT2D eigenvalue weighted by Crippen LogP contribution is -2.22. The second-order valence-corrected chi connectivity index (χ2v) is 6.64. The Balaban J connectivity index is 1.78. The number of amides is 1. The van der Waals surface area contributed by atoms with Crippen LogP contribution in [0.5, 0.6) is 0 Å². The van der Waals surface area contributed by atoms with Crippen LogP contribution in [0.3, 0.4) is 0 Å². The second kappa shape index (κ2) is 8.84. The number of furan rings is 1. The zero-order chi connectivity index (χ0) is 19.2. The van der Waals surface area contributed by atoms with Crippen molar-refractivity contribution in [1.82, 2.24) is 10.2 Å². The van der Waals surface area contributed by atoms with Gasteiger partial charge in [0.2, 0.25) is 0 Å². The van der Waals surface area contributed by atoms with Gasteiger partial charge in [0, 0.05) is 30.7 Å². The maximum atomic E-state index is 13.3. The average molecular weight is 387 g/mol. The van der Waals surface area contributed by atoms with E-state index in [0.717, 1.165) is 16.9 Å². The molecule has 0 aliphatic carbocycles. The van der Waals surface area contributed by atoms with Gasteiger partial charge in [-0.1, -0.05) is 29.8 Å². The fourth-order valence-electron chi connectivity index (χ4n) is 2.85. The summed E-state index contributed by atoms with van der Waals surface area (Å²) in [4.78, 5) is 13.8. The number of rotatable bonds is 7. The summed E-state index contributed by atoms with van der Waals surface area (Å²) in [5.74, 6) is 0.355. The topological polar surface area (TPSA) is 45.5 Å².